The Balaban J connectivity index is 1.91. The van der Waals surface area contributed by atoms with E-state index in [1.165, 1.54) is 19.3 Å². The van der Waals surface area contributed by atoms with E-state index in [0.717, 1.165) is 23.7 Å². The zero-order chi connectivity index (χ0) is 14.5. The number of nitrogens with one attached hydrogen (secondary N) is 2. The molecule has 0 spiro atoms. The number of rotatable bonds is 4. The van der Waals surface area contributed by atoms with Crippen LogP contribution in [0.4, 0.5) is 10.6 Å². The smallest absolute Gasteiger partial charge is 0.320 e. The summed E-state index contributed by atoms with van der Waals surface area (Å²) in [5.74, 6) is 1.83. The molecule has 1 fully saturated rings. The first kappa shape index (κ1) is 15.2. The molecule has 112 valence electrons. The van der Waals surface area contributed by atoms with Crippen LogP contribution in [-0.2, 0) is 7.05 Å². The predicted molar refractivity (Wildman–Crippen MR) is 84.3 cm³/mol. The molecule has 2 amide bonds. The van der Waals surface area contributed by atoms with Crippen LogP contribution in [0, 0.1) is 6.92 Å². The van der Waals surface area contributed by atoms with E-state index in [1.807, 2.05) is 31.8 Å². The van der Waals surface area contributed by atoms with Crippen LogP contribution in [0.15, 0.2) is 6.07 Å². The van der Waals surface area contributed by atoms with Gasteiger partial charge in [-0.3, -0.25) is 10.00 Å². The van der Waals surface area contributed by atoms with Gasteiger partial charge in [0.1, 0.15) is 5.82 Å². The van der Waals surface area contributed by atoms with E-state index in [4.69, 9.17) is 0 Å². The van der Waals surface area contributed by atoms with Gasteiger partial charge in [-0.25, -0.2) is 4.79 Å². The first-order valence-corrected chi connectivity index (χ1v) is 8.34. The first-order chi connectivity index (χ1) is 9.60. The fourth-order valence-electron chi connectivity index (χ4n) is 2.72. The monoisotopic (exact) mass is 296 g/mol. The third-order valence-electron chi connectivity index (χ3n) is 3.64. The van der Waals surface area contributed by atoms with Crippen LogP contribution in [0.1, 0.15) is 38.3 Å². The van der Waals surface area contributed by atoms with Crippen LogP contribution in [0.3, 0.4) is 0 Å². The molecule has 2 N–H and O–H groups in total. The minimum Gasteiger partial charge on any atom is -0.334 e. The zero-order valence-electron chi connectivity index (χ0n) is 12.5. The lowest BCUT2D eigenvalue weighted by Crippen LogP contribution is -2.45. The standard InChI is InChI=1S/C14H24N4OS/c1-4-20-12-8-6-5-7-11(12)15-14(19)16-13-9-10(2)17-18(13)3/h9,11-12H,4-8H2,1-3H3,(H2,15,16,19)/t11-,12+/m1/s1. The molecule has 0 unspecified atom stereocenters. The number of anilines is 1. The number of aromatic nitrogens is 2. The molecule has 6 heteroatoms. The molecule has 1 saturated carbocycles. The highest BCUT2D eigenvalue weighted by atomic mass is 32.2. The third kappa shape index (κ3) is 3.91. The molecule has 1 aromatic rings. The van der Waals surface area contributed by atoms with Gasteiger partial charge in [0.25, 0.3) is 0 Å². The topological polar surface area (TPSA) is 59.0 Å². The number of urea groups is 1. The van der Waals surface area contributed by atoms with Gasteiger partial charge in [-0.2, -0.15) is 16.9 Å². The number of amides is 2. The van der Waals surface area contributed by atoms with E-state index in [-0.39, 0.29) is 12.1 Å². The molecule has 20 heavy (non-hydrogen) atoms. The third-order valence-corrected chi connectivity index (χ3v) is 4.97. The van der Waals surface area contributed by atoms with Gasteiger partial charge < -0.3 is 5.32 Å². The van der Waals surface area contributed by atoms with Crippen molar-refractivity contribution >= 4 is 23.6 Å². The maximum absolute atomic E-state index is 12.1. The molecular formula is C14H24N4OS. The van der Waals surface area contributed by atoms with Crippen molar-refractivity contribution < 1.29 is 4.79 Å². The van der Waals surface area contributed by atoms with Gasteiger partial charge >= 0.3 is 6.03 Å². The highest BCUT2D eigenvalue weighted by Gasteiger charge is 2.26. The fraction of sp³-hybridized carbons (Fsp3) is 0.714. The quantitative estimate of drug-likeness (QED) is 0.898. The molecule has 1 aromatic heterocycles. The summed E-state index contributed by atoms with van der Waals surface area (Å²) in [4.78, 5) is 12.1. The normalized spacial score (nSPS) is 22.6. The Labute approximate surface area is 124 Å². The summed E-state index contributed by atoms with van der Waals surface area (Å²) in [6.45, 7) is 4.09. The minimum absolute atomic E-state index is 0.124. The Hall–Kier alpha value is -1.17. The minimum atomic E-state index is -0.124. The van der Waals surface area contributed by atoms with Crippen molar-refractivity contribution in [2.45, 2.75) is 50.8 Å². The second-order valence-electron chi connectivity index (χ2n) is 5.28. The molecule has 0 aliphatic heterocycles. The molecule has 5 nitrogen and oxygen atoms in total. The Morgan fingerprint density at radius 2 is 2.25 bits per heavy atom. The number of hydrogen-bond donors (Lipinski definition) is 2. The van der Waals surface area contributed by atoms with E-state index >= 15 is 0 Å². The summed E-state index contributed by atoms with van der Waals surface area (Å²) in [5, 5.41) is 10.8. The van der Waals surface area contributed by atoms with Crippen molar-refractivity contribution in [3.8, 4) is 0 Å². The number of thioether (sulfide) groups is 1. The van der Waals surface area contributed by atoms with Crippen LogP contribution in [0.5, 0.6) is 0 Å². The van der Waals surface area contributed by atoms with Crippen molar-refractivity contribution in [3.63, 3.8) is 0 Å². The average molecular weight is 296 g/mol. The summed E-state index contributed by atoms with van der Waals surface area (Å²) in [6.07, 6.45) is 4.76. The van der Waals surface area contributed by atoms with E-state index in [0.29, 0.717) is 5.25 Å². The predicted octanol–water partition coefficient (Wildman–Crippen LogP) is 2.91. The van der Waals surface area contributed by atoms with Crippen molar-refractivity contribution in [3.05, 3.63) is 11.8 Å². The molecule has 2 rings (SSSR count). The molecule has 0 radical (unpaired) electrons. The SMILES string of the molecule is CCS[C@H]1CCCC[C@H]1NC(=O)Nc1cc(C)nn1C. The van der Waals surface area contributed by atoms with Gasteiger partial charge in [0.05, 0.1) is 5.69 Å². The second kappa shape index (κ2) is 7.02. The molecule has 2 atom stereocenters. The Bertz CT molecular complexity index is 458. The highest BCUT2D eigenvalue weighted by molar-refractivity contribution is 7.99. The summed E-state index contributed by atoms with van der Waals surface area (Å²) < 4.78 is 1.69. The number of nitrogens with zero attached hydrogens (tertiary/aromatic N) is 2. The van der Waals surface area contributed by atoms with Gasteiger partial charge in [0.2, 0.25) is 0 Å². The van der Waals surface area contributed by atoms with Crippen LogP contribution in [0.2, 0.25) is 0 Å². The molecular weight excluding hydrogens is 272 g/mol. The molecule has 0 bridgehead atoms. The summed E-state index contributed by atoms with van der Waals surface area (Å²) in [7, 11) is 1.83. The van der Waals surface area contributed by atoms with Crippen molar-refractivity contribution in [2.75, 3.05) is 11.1 Å². The summed E-state index contributed by atoms with van der Waals surface area (Å²) >= 11 is 1.96. The summed E-state index contributed by atoms with van der Waals surface area (Å²) in [6, 6.07) is 2.03. The molecule has 0 aromatic carbocycles. The van der Waals surface area contributed by atoms with Crippen molar-refractivity contribution in [2.24, 2.45) is 7.05 Å². The van der Waals surface area contributed by atoms with Gasteiger partial charge in [-0.15, -0.1) is 0 Å². The maximum Gasteiger partial charge on any atom is 0.320 e. The Morgan fingerprint density at radius 1 is 1.50 bits per heavy atom. The van der Waals surface area contributed by atoms with Gasteiger partial charge in [-0.05, 0) is 25.5 Å². The lowest BCUT2D eigenvalue weighted by atomic mass is 9.95. The highest BCUT2D eigenvalue weighted by Crippen LogP contribution is 2.28. The van der Waals surface area contributed by atoms with E-state index in [1.54, 1.807) is 4.68 Å². The van der Waals surface area contributed by atoms with E-state index in [9.17, 15) is 4.79 Å². The van der Waals surface area contributed by atoms with Crippen LogP contribution < -0.4 is 10.6 Å². The largest absolute Gasteiger partial charge is 0.334 e. The van der Waals surface area contributed by atoms with Crippen molar-refractivity contribution in [1.82, 2.24) is 15.1 Å². The molecule has 0 saturated heterocycles. The van der Waals surface area contributed by atoms with E-state index in [2.05, 4.69) is 22.7 Å². The Morgan fingerprint density at radius 3 is 2.90 bits per heavy atom. The maximum atomic E-state index is 12.1. The molecule has 1 heterocycles. The number of carbonyl (C=O) groups is 1. The zero-order valence-corrected chi connectivity index (χ0v) is 13.3. The fourth-order valence-corrected chi connectivity index (χ4v) is 3.92. The lowest BCUT2D eigenvalue weighted by molar-refractivity contribution is 0.244. The Kier molecular flexibility index (Phi) is 5.34. The average Bonchev–Trinajstić information content (AvgIpc) is 2.70. The molecule has 1 aliphatic rings. The second-order valence-corrected chi connectivity index (χ2v) is 6.79. The number of hydrogen-bond acceptors (Lipinski definition) is 3. The van der Waals surface area contributed by atoms with E-state index < -0.39 is 0 Å². The number of aryl methyl sites for hydroxylation is 2. The van der Waals surface area contributed by atoms with Crippen LogP contribution in [0.25, 0.3) is 0 Å². The van der Waals surface area contributed by atoms with Gasteiger partial charge in [0, 0.05) is 24.4 Å². The lowest BCUT2D eigenvalue weighted by Gasteiger charge is -2.31. The van der Waals surface area contributed by atoms with Gasteiger partial charge in [-0.1, -0.05) is 19.8 Å². The number of carbonyl (C=O) groups excluding carboxylic acids is 1. The van der Waals surface area contributed by atoms with Gasteiger partial charge in [0.15, 0.2) is 0 Å². The van der Waals surface area contributed by atoms with Crippen LogP contribution in [-0.4, -0.2) is 32.9 Å². The summed E-state index contributed by atoms with van der Waals surface area (Å²) in [5.41, 5.74) is 0.903. The molecule has 1 aliphatic carbocycles. The van der Waals surface area contributed by atoms with Crippen LogP contribution >= 0.6 is 11.8 Å². The van der Waals surface area contributed by atoms with Crippen molar-refractivity contribution in [1.29, 1.82) is 0 Å². The first-order valence-electron chi connectivity index (χ1n) is 7.30.